The van der Waals surface area contributed by atoms with Crippen molar-refractivity contribution in [2.75, 3.05) is 5.32 Å². The summed E-state index contributed by atoms with van der Waals surface area (Å²) in [6.07, 6.45) is 0.668. The number of benzene rings is 2. The Morgan fingerprint density at radius 1 is 1.05 bits per heavy atom. The molecule has 0 unspecified atom stereocenters. The van der Waals surface area contributed by atoms with E-state index in [1.807, 2.05) is 44.2 Å². The van der Waals surface area contributed by atoms with Crippen molar-refractivity contribution >= 4 is 34.8 Å². The van der Waals surface area contributed by atoms with Crippen LogP contribution in [0, 0.1) is 5.41 Å². The Morgan fingerprint density at radius 2 is 1.71 bits per heavy atom. The summed E-state index contributed by atoms with van der Waals surface area (Å²) in [4.78, 5) is 12.4. The first kappa shape index (κ1) is 15.9. The summed E-state index contributed by atoms with van der Waals surface area (Å²) in [5, 5.41) is 3.79. The molecule has 110 valence electrons. The normalized spacial score (nSPS) is 11.2. The van der Waals surface area contributed by atoms with Crippen molar-refractivity contribution in [3.63, 3.8) is 0 Å². The predicted octanol–water partition coefficient (Wildman–Crippen LogP) is 5.20. The molecule has 0 spiro atoms. The molecule has 0 aliphatic carbocycles. The van der Waals surface area contributed by atoms with E-state index in [1.165, 1.54) is 0 Å². The summed E-state index contributed by atoms with van der Waals surface area (Å²) in [5.41, 5.74) is 1.26. The number of rotatable bonds is 4. The first-order valence-electron chi connectivity index (χ1n) is 6.69. The van der Waals surface area contributed by atoms with Gasteiger partial charge in [-0.15, -0.1) is 0 Å². The van der Waals surface area contributed by atoms with Crippen LogP contribution in [0.2, 0.25) is 10.0 Å². The summed E-state index contributed by atoms with van der Waals surface area (Å²) >= 11 is 11.8. The van der Waals surface area contributed by atoms with Crippen LogP contribution in [0.25, 0.3) is 0 Å². The van der Waals surface area contributed by atoms with Crippen LogP contribution in [0.15, 0.2) is 48.5 Å². The second-order valence-corrected chi connectivity index (χ2v) is 6.44. The number of nitrogens with one attached hydrogen (secondary N) is 1. The third-order valence-electron chi connectivity index (χ3n) is 3.28. The van der Waals surface area contributed by atoms with E-state index < -0.39 is 5.41 Å². The fourth-order valence-corrected chi connectivity index (χ4v) is 2.36. The van der Waals surface area contributed by atoms with Gasteiger partial charge in [-0.05, 0) is 30.2 Å². The molecule has 0 aromatic heterocycles. The molecular weight excluding hydrogens is 305 g/mol. The van der Waals surface area contributed by atoms with E-state index in [0.29, 0.717) is 22.2 Å². The van der Waals surface area contributed by atoms with E-state index in [0.717, 1.165) is 5.56 Å². The summed E-state index contributed by atoms with van der Waals surface area (Å²) in [7, 11) is 0. The predicted molar refractivity (Wildman–Crippen MR) is 89.0 cm³/mol. The highest BCUT2D eigenvalue weighted by molar-refractivity contribution is 6.42. The van der Waals surface area contributed by atoms with Gasteiger partial charge >= 0.3 is 0 Å². The lowest BCUT2D eigenvalue weighted by Gasteiger charge is -2.24. The zero-order valence-corrected chi connectivity index (χ0v) is 13.5. The fraction of sp³-hybridized carbons (Fsp3) is 0.235. The molecule has 0 aliphatic rings. The van der Waals surface area contributed by atoms with Crippen LogP contribution in [0.1, 0.15) is 19.4 Å². The molecule has 2 aromatic rings. The number of anilines is 1. The van der Waals surface area contributed by atoms with Crippen molar-refractivity contribution in [2.24, 2.45) is 5.41 Å². The first-order chi connectivity index (χ1) is 9.88. The molecule has 0 aliphatic heterocycles. The van der Waals surface area contributed by atoms with Gasteiger partial charge in [0.1, 0.15) is 0 Å². The molecule has 2 rings (SSSR count). The second-order valence-electron chi connectivity index (χ2n) is 5.63. The SMILES string of the molecule is CC(C)(Cc1ccccc1)C(=O)Nc1ccc(Cl)c(Cl)c1. The van der Waals surface area contributed by atoms with Crippen molar-refractivity contribution in [1.29, 1.82) is 0 Å². The topological polar surface area (TPSA) is 29.1 Å². The minimum absolute atomic E-state index is 0.0512. The van der Waals surface area contributed by atoms with Gasteiger partial charge < -0.3 is 5.32 Å². The molecular formula is C17H17Cl2NO. The number of amides is 1. The van der Waals surface area contributed by atoms with Gasteiger partial charge in [-0.1, -0.05) is 67.4 Å². The van der Waals surface area contributed by atoms with Gasteiger partial charge in [-0.2, -0.15) is 0 Å². The molecule has 2 nitrogen and oxygen atoms in total. The number of carbonyl (C=O) groups is 1. The van der Waals surface area contributed by atoms with E-state index in [2.05, 4.69) is 5.32 Å². The van der Waals surface area contributed by atoms with Gasteiger partial charge in [0, 0.05) is 11.1 Å². The highest BCUT2D eigenvalue weighted by atomic mass is 35.5. The quantitative estimate of drug-likeness (QED) is 0.823. The number of hydrogen-bond donors (Lipinski definition) is 1. The van der Waals surface area contributed by atoms with Gasteiger partial charge in [0.05, 0.1) is 10.0 Å². The Balaban J connectivity index is 2.09. The fourth-order valence-electron chi connectivity index (χ4n) is 2.06. The Hall–Kier alpha value is -1.51. The summed E-state index contributed by atoms with van der Waals surface area (Å²) in [5.74, 6) is -0.0512. The Kier molecular flexibility index (Phi) is 4.92. The molecule has 21 heavy (non-hydrogen) atoms. The lowest BCUT2D eigenvalue weighted by molar-refractivity contribution is -0.123. The zero-order chi connectivity index (χ0) is 15.5. The maximum Gasteiger partial charge on any atom is 0.230 e. The average Bonchev–Trinajstić information content (AvgIpc) is 2.43. The Bertz CT molecular complexity index is 638. The van der Waals surface area contributed by atoms with Gasteiger partial charge in [-0.25, -0.2) is 0 Å². The van der Waals surface area contributed by atoms with E-state index in [1.54, 1.807) is 18.2 Å². The molecule has 0 atom stereocenters. The third-order valence-corrected chi connectivity index (χ3v) is 4.02. The Morgan fingerprint density at radius 3 is 2.33 bits per heavy atom. The van der Waals surface area contributed by atoms with Crippen molar-refractivity contribution in [2.45, 2.75) is 20.3 Å². The van der Waals surface area contributed by atoms with Crippen LogP contribution in [0.5, 0.6) is 0 Å². The van der Waals surface area contributed by atoms with E-state index in [4.69, 9.17) is 23.2 Å². The van der Waals surface area contributed by atoms with Crippen molar-refractivity contribution < 1.29 is 4.79 Å². The van der Waals surface area contributed by atoms with Crippen LogP contribution in [-0.4, -0.2) is 5.91 Å². The van der Waals surface area contributed by atoms with Gasteiger partial charge in [0.2, 0.25) is 5.91 Å². The average molecular weight is 322 g/mol. The second kappa shape index (κ2) is 6.50. The lowest BCUT2D eigenvalue weighted by Crippen LogP contribution is -2.32. The molecule has 4 heteroatoms. The number of hydrogen-bond acceptors (Lipinski definition) is 1. The van der Waals surface area contributed by atoms with Gasteiger partial charge in [-0.3, -0.25) is 4.79 Å². The zero-order valence-electron chi connectivity index (χ0n) is 12.0. The van der Waals surface area contributed by atoms with Crippen LogP contribution in [-0.2, 0) is 11.2 Å². The maximum absolute atomic E-state index is 12.4. The van der Waals surface area contributed by atoms with Crippen molar-refractivity contribution in [3.8, 4) is 0 Å². The van der Waals surface area contributed by atoms with E-state index in [9.17, 15) is 4.79 Å². The lowest BCUT2D eigenvalue weighted by atomic mass is 9.84. The number of carbonyl (C=O) groups excluding carboxylic acids is 1. The molecule has 0 saturated heterocycles. The molecule has 0 heterocycles. The van der Waals surface area contributed by atoms with E-state index >= 15 is 0 Å². The van der Waals surface area contributed by atoms with Gasteiger partial charge in [0.25, 0.3) is 0 Å². The number of halogens is 2. The maximum atomic E-state index is 12.4. The molecule has 1 amide bonds. The van der Waals surface area contributed by atoms with Crippen molar-refractivity contribution in [3.05, 3.63) is 64.1 Å². The van der Waals surface area contributed by atoms with Gasteiger partial charge in [0.15, 0.2) is 0 Å². The molecule has 2 aromatic carbocycles. The highest BCUT2D eigenvalue weighted by Crippen LogP contribution is 2.28. The summed E-state index contributed by atoms with van der Waals surface area (Å²) in [6.45, 7) is 3.85. The minimum atomic E-state index is -0.520. The minimum Gasteiger partial charge on any atom is -0.326 e. The molecule has 0 fully saturated rings. The summed E-state index contributed by atoms with van der Waals surface area (Å²) in [6, 6.07) is 15.0. The molecule has 0 radical (unpaired) electrons. The third kappa shape index (κ3) is 4.23. The van der Waals surface area contributed by atoms with Crippen LogP contribution in [0.3, 0.4) is 0 Å². The van der Waals surface area contributed by atoms with E-state index in [-0.39, 0.29) is 5.91 Å². The first-order valence-corrected chi connectivity index (χ1v) is 7.44. The van der Waals surface area contributed by atoms with Crippen LogP contribution >= 0.6 is 23.2 Å². The van der Waals surface area contributed by atoms with Crippen molar-refractivity contribution in [1.82, 2.24) is 0 Å². The highest BCUT2D eigenvalue weighted by Gasteiger charge is 2.28. The monoisotopic (exact) mass is 321 g/mol. The molecule has 0 bridgehead atoms. The largest absolute Gasteiger partial charge is 0.326 e. The molecule has 0 saturated carbocycles. The Labute approximate surface area is 135 Å². The smallest absolute Gasteiger partial charge is 0.230 e. The molecule has 1 N–H and O–H groups in total. The van der Waals surface area contributed by atoms with Crippen LogP contribution < -0.4 is 5.32 Å². The van der Waals surface area contributed by atoms with Crippen LogP contribution in [0.4, 0.5) is 5.69 Å². The standard InChI is InChI=1S/C17H17Cl2NO/c1-17(2,11-12-6-4-3-5-7-12)16(21)20-13-8-9-14(18)15(19)10-13/h3-10H,11H2,1-2H3,(H,20,21). The summed E-state index contributed by atoms with van der Waals surface area (Å²) < 4.78 is 0.